The maximum Gasteiger partial charge on any atom is 0.119 e. The van der Waals surface area contributed by atoms with E-state index in [-0.39, 0.29) is 0 Å². The third-order valence-electron chi connectivity index (χ3n) is 6.83. The van der Waals surface area contributed by atoms with Gasteiger partial charge in [0.1, 0.15) is 5.75 Å². The fourth-order valence-electron chi connectivity index (χ4n) is 4.82. The van der Waals surface area contributed by atoms with Gasteiger partial charge < -0.3 is 5.11 Å². The van der Waals surface area contributed by atoms with Crippen LogP contribution in [-0.2, 0) is 25.7 Å². The van der Waals surface area contributed by atoms with Crippen LogP contribution in [-0.4, -0.2) is 5.11 Å². The topological polar surface area (TPSA) is 20.2 Å². The van der Waals surface area contributed by atoms with Crippen LogP contribution in [0, 0.1) is 0 Å². The molecule has 0 aliphatic rings. The Bertz CT molecular complexity index is 972. The molecule has 0 aliphatic carbocycles. The molecule has 0 aliphatic heterocycles. The molecule has 33 heavy (non-hydrogen) atoms. The van der Waals surface area contributed by atoms with Crippen molar-refractivity contribution in [3.05, 3.63) is 100 Å². The molecule has 0 saturated carbocycles. The summed E-state index contributed by atoms with van der Waals surface area (Å²) in [6, 6.07) is 23.7. The summed E-state index contributed by atoms with van der Waals surface area (Å²) in [6.45, 7) is 4.53. The molecule has 0 radical (unpaired) electrons. The minimum absolute atomic E-state index is 0.425. The van der Waals surface area contributed by atoms with Crippen LogP contribution in [0.25, 0.3) is 0 Å². The summed E-state index contributed by atoms with van der Waals surface area (Å²) in [6.07, 6.45) is 14.2. The normalized spacial score (nSPS) is 11.1. The molecule has 1 heteroatoms. The van der Waals surface area contributed by atoms with E-state index >= 15 is 0 Å². The van der Waals surface area contributed by atoms with Crippen molar-refractivity contribution in [3.8, 4) is 5.75 Å². The van der Waals surface area contributed by atoms with Crippen LogP contribution >= 0.6 is 0 Å². The Labute approximate surface area is 201 Å². The average Bonchev–Trinajstić information content (AvgIpc) is 2.83. The first-order valence-electron chi connectivity index (χ1n) is 13.2. The first-order valence-corrected chi connectivity index (χ1v) is 13.2. The number of rotatable bonds is 14. The van der Waals surface area contributed by atoms with E-state index < -0.39 is 0 Å². The molecule has 0 heterocycles. The molecule has 3 aromatic rings. The molecule has 1 N–H and O–H groups in total. The van der Waals surface area contributed by atoms with Gasteiger partial charge in [-0.3, -0.25) is 0 Å². The van der Waals surface area contributed by atoms with Gasteiger partial charge in [0, 0.05) is 12.0 Å². The SMILES string of the molecule is CCCCCCc1ccccc1Cc1cccc(O)c1Cc1ccccc1CCCCCC. The maximum absolute atomic E-state index is 10.8. The molecule has 0 saturated heterocycles. The molecule has 0 aromatic heterocycles. The minimum atomic E-state index is 0.425. The van der Waals surface area contributed by atoms with Gasteiger partial charge >= 0.3 is 0 Å². The Hall–Kier alpha value is -2.54. The molecule has 1 nitrogen and oxygen atoms in total. The van der Waals surface area contributed by atoms with Gasteiger partial charge in [-0.15, -0.1) is 0 Å². The van der Waals surface area contributed by atoms with E-state index in [1.54, 1.807) is 0 Å². The fraction of sp³-hybridized carbons (Fsp3) is 0.438. The number of hydrogen-bond donors (Lipinski definition) is 1. The molecule has 0 spiro atoms. The van der Waals surface area contributed by atoms with Gasteiger partial charge in [0.2, 0.25) is 0 Å². The number of phenols is 1. The molecule has 0 bridgehead atoms. The Balaban J connectivity index is 1.79. The van der Waals surface area contributed by atoms with Crippen molar-refractivity contribution >= 4 is 0 Å². The van der Waals surface area contributed by atoms with Gasteiger partial charge in [-0.25, -0.2) is 0 Å². The first kappa shape index (κ1) is 25.1. The molecule has 3 rings (SSSR count). The second-order valence-corrected chi connectivity index (χ2v) is 9.43. The van der Waals surface area contributed by atoms with Crippen molar-refractivity contribution in [2.75, 3.05) is 0 Å². The van der Waals surface area contributed by atoms with E-state index in [9.17, 15) is 5.11 Å². The number of phenolic OH excluding ortho intramolecular Hbond substituents is 1. The Morgan fingerprint density at radius 2 is 0.970 bits per heavy atom. The van der Waals surface area contributed by atoms with Gasteiger partial charge in [-0.05, 0) is 66.0 Å². The third kappa shape index (κ3) is 7.77. The van der Waals surface area contributed by atoms with Gasteiger partial charge in [0.25, 0.3) is 0 Å². The van der Waals surface area contributed by atoms with Gasteiger partial charge in [0.15, 0.2) is 0 Å². The highest BCUT2D eigenvalue weighted by Crippen LogP contribution is 2.29. The predicted octanol–water partition coefficient (Wildman–Crippen LogP) is 8.82. The molecule has 0 unspecified atom stereocenters. The lowest BCUT2D eigenvalue weighted by Crippen LogP contribution is -2.03. The Morgan fingerprint density at radius 1 is 0.485 bits per heavy atom. The summed E-state index contributed by atoms with van der Waals surface area (Å²) < 4.78 is 0. The number of hydrogen-bond acceptors (Lipinski definition) is 1. The van der Waals surface area contributed by atoms with Gasteiger partial charge in [0.05, 0.1) is 0 Å². The second-order valence-electron chi connectivity index (χ2n) is 9.43. The monoisotopic (exact) mass is 442 g/mol. The van der Waals surface area contributed by atoms with Gasteiger partial charge in [-0.2, -0.15) is 0 Å². The predicted molar refractivity (Wildman–Crippen MR) is 142 cm³/mol. The maximum atomic E-state index is 10.8. The number of aromatic hydroxyl groups is 1. The lowest BCUT2D eigenvalue weighted by atomic mass is 9.89. The summed E-state index contributed by atoms with van der Waals surface area (Å²) in [5.74, 6) is 0.425. The van der Waals surface area contributed by atoms with Crippen LogP contribution in [0.5, 0.6) is 5.75 Å². The van der Waals surface area contributed by atoms with Gasteiger partial charge in [-0.1, -0.05) is 113 Å². The van der Waals surface area contributed by atoms with Crippen molar-refractivity contribution in [1.82, 2.24) is 0 Å². The molecule has 0 amide bonds. The molecule has 176 valence electrons. The first-order chi connectivity index (χ1) is 16.2. The summed E-state index contributed by atoms with van der Waals surface area (Å²) in [5.41, 5.74) is 7.97. The van der Waals surface area contributed by atoms with Crippen molar-refractivity contribution < 1.29 is 5.11 Å². The van der Waals surface area contributed by atoms with Crippen LogP contribution in [0.1, 0.15) is 98.6 Å². The Morgan fingerprint density at radius 3 is 1.52 bits per heavy atom. The fourth-order valence-corrected chi connectivity index (χ4v) is 4.82. The highest BCUT2D eigenvalue weighted by molar-refractivity contribution is 5.47. The summed E-state index contributed by atoms with van der Waals surface area (Å²) in [4.78, 5) is 0. The highest BCUT2D eigenvalue weighted by atomic mass is 16.3. The average molecular weight is 443 g/mol. The van der Waals surface area contributed by atoms with Crippen LogP contribution < -0.4 is 0 Å². The van der Waals surface area contributed by atoms with Crippen molar-refractivity contribution in [1.29, 1.82) is 0 Å². The summed E-state index contributed by atoms with van der Waals surface area (Å²) in [7, 11) is 0. The number of unbranched alkanes of at least 4 members (excludes halogenated alkanes) is 6. The lowest BCUT2D eigenvalue weighted by Gasteiger charge is -2.16. The highest BCUT2D eigenvalue weighted by Gasteiger charge is 2.13. The van der Waals surface area contributed by atoms with Crippen LogP contribution in [0.4, 0.5) is 0 Å². The summed E-state index contributed by atoms with van der Waals surface area (Å²) in [5, 5.41) is 10.8. The molecule has 3 aromatic carbocycles. The zero-order valence-electron chi connectivity index (χ0n) is 20.8. The Kier molecular flexibility index (Phi) is 10.6. The van der Waals surface area contributed by atoms with Crippen LogP contribution in [0.15, 0.2) is 66.7 Å². The van der Waals surface area contributed by atoms with E-state index in [1.807, 2.05) is 12.1 Å². The van der Waals surface area contributed by atoms with E-state index in [0.717, 1.165) is 31.2 Å². The number of aryl methyl sites for hydroxylation is 2. The van der Waals surface area contributed by atoms with Crippen LogP contribution in [0.2, 0.25) is 0 Å². The van der Waals surface area contributed by atoms with Crippen LogP contribution in [0.3, 0.4) is 0 Å². The number of benzene rings is 3. The van der Waals surface area contributed by atoms with Crippen molar-refractivity contribution in [2.45, 2.75) is 90.9 Å². The molecular formula is C32H42O. The van der Waals surface area contributed by atoms with E-state index in [4.69, 9.17) is 0 Å². The standard InChI is InChI=1S/C32H42O/c1-3-5-7-9-16-26-18-11-13-20-28(26)24-30-22-15-23-32(33)31(30)25-29-21-14-12-19-27(29)17-10-8-6-4-2/h11-15,18-23,33H,3-10,16-17,24-25H2,1-2H3. The minimum Gasteiger partial charge on any atom is -0.508 e. The zero-order chi connectivity index (χ0) is 23.3. The third-order valence-corrected chi connectivity index (χ3v) is 6.83. The molecule has 0 fully saturated rings. The van der Waals surface area contributed by atoms with E-state index in [1.165, 1.54) is 79.2 Å². The largest absolute Gasteiger partial charge is 0.508 e. The van der Waals surface area contributed by atoms with Crippen molar-refractivity contribution in [3.63, 3.8) is 0 Å². The molecule has 0 atom stereocenters. The van der Waals surface area contributed by atoms with Crippen molar-refractivity contribution in [2.24, 2.45) is 0 Å². The van der Waals surface area contributed by atoms with E-state index in [0.29, 0.717) is 5.75 Å². The zero-order valence-corrected chi connectivity index (χ0v) is 20.8. The molecular weight excluding hydrogens is 400 g/mol. The van der Waals surface area contributed by atoms with E-state index in [2.05, 4.69) is 68.4 Å². The smallest absolute Gasteiger partial charge is 0.119 e. The quantitative estimate of drug-likeness (QED) is 0.247. The second kappa shape index (κ2) is 13.9. The summed E-state index contributed by atoms with van der Waals surface area (Å²) >= 11 is 0. The lowest BCUT2D eigenvalue weighted by molar-refractivity contribution is 0.468.